The molecule has 12 heteroatoms. The lowest BCUT2D eigenvalue weighted by Crippen LogP contribution is -2.20. The summed E-state index contributed by atoms with van der Waals surface area (Å²) in [4.78, 5) is 12.1. The van der Waals surface area contributed by atoms with Crippen LogP contribution in [-0.2, 0) is 24.8 Å². The van der Waals surface area contributed by atoms with Crippen molar-refractivity contribution in [2.45, 2.75) is 16.7 Å². The minimum Gasteiger partial charge on any atom is -0.483 e. The number of hydrogen-bond acceptors (Lipinski definition) is 6. The molecule has 9 nitrogen and oxygen atoms in total. The van der Waals surface area contributed by atoms with Gasteiger partial charge in [-0.25, -0.2) is 22.0 Å². The van der Waals surface area contributed by atoms with Crippen molar-refractivity contribution in [3.8, 4) is 5.75 Å². The van der Waals surface area contributed by atoms with Gasteiger partial charge in [-0.3, -0.25) is 9.52 Å². The van der Waals surface area contributed by atoms with Gasteiger partial charge in [-0.1, -0.05) is 11.6 Å². The van der Waals surface area contributed by atoms with Crippen molar-refractivity contribution >= 4 is 48.9 Å². The van der Waals surface area contributed by atoms with E-state index < -0.39 is 26.0 Å². The third-order valence-electron chi connectivity index (χ3n) is 4.38. The van der Waals surface area contributed by atoms with Crippen LogP contribution in [0.4, 0.5) is 11.4 Å². The number of rotatable bonds is 8. The maximum atomic E-state index is 12.6. The molecule has 33 heavy (non-hydrogen) atoms. The highest BCUT2D eigenvalue weighted by Gasteiger charge is 2.16. The van der Waals surface area contributed by atoms with Crippen molar-refractivity contribution < 1.29 is 26.4 Å². The van der Waals surface area contributed by atoms with Gasteiger partial charge in [-0.2, -0.15) is 0 Å². The van der Waals surface area contributed by atoms with E-state index in [1.54, 1.807) is 31.2 Å². The molecule has 3 aromatic rings. The predicted molar refractivity (Wildman–Crippen MR) is 125 cm³/mol. The minimum absolute atomic E-state index is 0.0293. The highest BCUT2D eigenvalue weighted by molar-refractivity contribution is 7.92. The van der Waals surface area contributed by atoms with Gasteiger partial charge in [0.15, 0.2) is 6.61 Å². The summed E-state index contributed by atoms with van der Waals surface area (Å²) in [6.45, 7) is 1.31. The summed E-state index contributed by atoms with van der Waals surface area (Å²) in [6.07, 6.45) is 0. The Morgan fingerprint density at radius 2 is 1.48 bits per heavy atom. The standard InChI is InChI=1S/C21H20ClN3O6S2/c1-14-12-19(33(29,30)25-17-4-2-15(22)3-5-17)10-11-20(14)31-13-21(26)24-16-6-8-18(9-7-16)32(23,27)28/h2-12,25H,13H2,1H3,(H,24,26)(H2,23,27,28). The van der Waals surface area contributed by atoms with Crippen molar-refractivity contribution in [2.24, 2.45) is 5.14 Å². The fourth-order valence-electron chi connectivity index (χ4n) is 2.75. The first-order chi connectivity index (χ1) is 15.4. The molecular formula is C21H20ClN3O6S2. The summed E-state index contributed by atoms with van der Waals surface area (Å²) >= 11 is 5.81. The summed E-state index contributed by atoms with van der Waals surface area (Å²) in [7, 11) is -7.65. The average molecular weight is 510 g/mol. The Bertz CT molecular complexity index is 1370. The number of nitrogens with one attached hydrogen (secondary N) is 2. The molecule has 0 saturated carbocycles. The van der Waals surface area contributed by atoms with E-state index in [1.165, 1.54) is 42.5 Å². The number of halogens is 1. The number of sulfonamides is 2. The number of ether oxygens (including phenoxy) is 1. The van der Waals surface area contributed by atoms with Crippen LogP contribution < -0.4 is 19.9 Å². The third-order valence-corrected chi connectivity index (χ3v) is 6.94. The Balaban J connectivity index is 1.61. The van der Waals surface area contributed by atoms with Gasteiger partial charge in [0.25, 0.3) is 15.9 Å². The van der Waals surface area contributed by atoms with Gasteiger partial charge in [0, 0.05) is 16.4 Å². The number of nitrogens with two attached hydrogens (primary N) is 1. The second-order valence-corrected chi connectivity index (χ2v) is 10.6. The van der Waals surface area contributed by atoms with Crippen LogP contribution in [0.5, 0.6) is 5.75 Å². The lowest BCUT2D eigenvalue weighted by Gasteiger charge is -2.12. The normalized spacial score (nSPS) is 11.6. The molecule has 1 amide bonds. The average Bonchev–Trinajstić information content (AvgIpc) is 2.74. The molecule has 0 bridgehead atoms. The maximum Gasteiger partial charge on any atom is 0.262 e. The zero-order valence-corrected chi connectivity index (χ0v) is 19.7. The lowest BCUT2D eigenvalue weighted by atomic mass is 10.2. The van der Waals surface area contributed by atoms with Crippen LogP contribution in [0.2, 0.25) is 5.02 Å². The fourth-order valence-corrected chi connectivity index (χ4v) is 4.54. The Morgan fingerprint density at radius 3 is 2.06 bits per heavy atom. The SMILES string of the molecule is Cc1cc(S(=O)(=O)Nc2ccc(Cl)cc2)ccc1OCC(=O)Nc1ccc(S(N)(=O)=O)cc1. The summed E-state index contributed by atoms with van der Waals surface area (Å²) in [5.74, 6) is -0.154. The first kappa shape index (κ1) is 24.5. The zero-order chi connectivity index (χ0) is 24.2. The third kappa shape index (κ3) is 6.68. The summed E-state index contributed by atoms with van der Waals surface area (Å²) < 4.78 is 55.7. The largest absolute Gasteiger partial charge is 0.483 e. The quantitative estimate of drug-likeness (QED) is 0.425. The first-order valence-corrected chi connectivity index (χ1v) is 12.8. The number of anilines is 2. The number of carbonyl (C=O) groups is 1. The second kappa shape index (κ2) is 9.79. The van der Waals surface area contributed by atoms with Gasteiger partial charge in [0.1, 0.15) is 5.75 Å². The van der Waals surface area contributed by atoms with Gasteiger partial charge in [0.05, 0.1) is 9.79 Å². The molecule has 0 aliphatic heterocycles. The highest BCUT2D eigenvalue weighted by Crippen LogP contribution is 2.24. The van der Waals surface area contributed by atoms with Gasteiger partial charge in [-0.15, -0.1) is 0 Å². The van der Waals surface area contributed by atoms with Crippen LogP contribution in [-0.4, -0.2) is 29.3 Å². The number of hydrogen-bond donors (Lipinski definition) is 3. The number of carbonyl (C=O) groups excluding carboxylic acids is 1. The lowest BCUT2D eigenvalue weighted by molar-refractivity contribution is -0.118. The molecule has 0 aliphatic carbocycles. The maximum absolute atomic E-state index is 12.6. The van der Waals surface area contributed by atoms with E-state index in [9.17, 15) is 21.6 Å². The van der Waals surface area contributed by atoms with E-state index >= 15 is 0 Å². The molecule has 0 aliphatic rings. The van der Waals surface area contributed by atoms with Gasteiger partial charge in [-0.05, 0) is 79.2 Å². The van der Waals surface area contributed by atoms with Crippen LogP contribution in [0.25, 0.3) is 0 Å². The van der Waals surface area contributed by atoms with Crippen LogP contribution >= 0.6 is 11.6 Å². The number of aryl methyl sites for hydroxylation is 1. The van der Waals surface area contributed by atoms with E-state index in [1.807, 2.05) is 0 Å². The molecule has 0 saturated heterocycles. The summed E-state index contributed by atoms with van der Waals surface area (Å²) in [5.41, 5.74) is 1.24. The fraction of sp³-hybridized carbons (Fsp3) is 0.0952. The second-order valence-electron chi connectivity index (χ2n) is 6.95. The van der Waals surface area contributed by atoms with Crippen molar-refractivity contribution in [3.05, 3.63) is 77.3 Å². The topological polar surface area (TPSA) is 145 Å². The molecule has 0 atom stereocenters. The molecule has 0 radical (unpaired) electrons. The minimum atomic E-state index is -3.83. The Kier molecular flexibility index (Phi) is 7.28. The molecule has 0 spiro atoms. The Morgan fingerprint density at radius 1 is 0.909 bits per heavy atom. The molecule has 174 valence electrons. The van der Waals surface area contributed by atoms with Crippen LogP contribution in [0.15, 0.2) is 76.5 Å². The summed E-state index contributed by atoms with van der Waals surface area (Å²) in [6, 6.07) is 15.8. The monoisotopic (exact) mass is 509 g/mol. The van der Waals surface area contributed by atoms with E-state index in [-0.39, 0.29) is 16.4 Å². The van der Waals surface area contributed by atoms with E-state index in [2.05, 4.69) is 10.0 Å². The molecule has 3 aromatic carbocycles. The Labute approximate surface area is 196 Å². The van der Waals surface area contributed by atoms with Crippen LogP contribution in [0, 0.1) is 6.92 Å². The highest BCUT2D eigenvalue weighted by atomic mass is 35.5. The Hall–Kier alpha value is -3.12. The van der Waals surface area contributed by atoms with E-state index in [0.29, 0.717) is 27.7 Å². The predicted octanol–water partition coefficient (Wildman–Crippen LogP) is 3.11. The van der Waals surface area contributed by atoms with Crippen molar-refractivity contribution in [1.29, 1.82) is 0 Å². The molecular weight excluding hydrogens is 490 g/mol. The molecule has 0 heterocycles. The smallest absolute Gasteiger partial charge is 0.262 e. The van der Waals surface area contributed by atoms with Gasteiger partial charge >= 0.3 is 0 Å². The van der Waals surface area contributed by atoms with Crippen molar-refractivity contribution in [3.63, 3.8) is 0 Å². The molecule has 0 unspecified atom stereocenters. The van der Waals surface area contributed by atoms with Crippen molar-refractivity contribution in [1.82, 2.24) is 0 Å². The molecule has 3 rings (SSSR count). The van der Waals surface area contributed by atoms with Crippen LogP contribution in [0.3, 0.4) is 0 Å². The number of benzene rings is 3. The molecule has 0 fully saturated rings. The number of primary sulfonamides is 1. The number of amides is 1. The van der Waals surface area contributed by atoms with E-state index in [0.717, 1.165) is 0 Å². The zero-order valence-electron chi connectivity index (χ0n) is 17.3. The van der Waals surface area contributed by atoms with Crippen molar-refractivity contribution in [2.75, 3.05) is 16.6 Å². The van der Waals surface area contributed by atoms with Crippen LogP contribution in [0.1, 0.15) is 5.56 Å². The van der Waals surface area contributed by atoms with Gasteiger partial charge in [0.2, 0.25) is 10.0 Å². The first-order valence-electron chi connectivity index (χ1n) is 9.38. The van der Waals surface area contributed by atoms with Gasteiger partial charge < -0.3 is 10.1 Å². The summed E-state index contributed by atoms with van der Waals surface area (Å²) in [5, 5.41) is 8.08. The molecule has 0 aromatic heterocycles. The van der Waals surface area contributed by atoms with E-state index in [4.69, 9.17) is 21.5 Å². The molecule has 4 N–H and O–H groups in total.